The van der Waals surface area contributed by atoms with Gasteiger partial charge in [-0.25, -0.2) is 8.42 Å². The zero-order valence-corrected chi connectivity index (χ0v) is 16.3. The number of rotatable bonds is 5. The Hall–Kier alpha value is -2.05. The van der Waals surface area contributed by atoms with Gasteiger partial charge in [-0.1, -0.05) is 18.0 Å². The topological polar surface area (TPSA) is 75.3 Å². The van der Waals surface area contributed by atoms with E-state index in [0.717, 1.165) is 12.3 Å². The summed E-state index contributed by atoms with van der Waals surface area (Å²) >= 11 is 5.80. The Morgan fingerprint density at radius 3 is 2.26 bits per heavy atom. The number of benzene rings is 2. The normalized spacial score (nSPS) is 24.0. The van der Waals surface area contributed by atoms with E-state index >= 15 is 0 Å². The van der Waals surface area contributed by atoms with Gasteiger partial charge in [-0.2, -0.15) is 0 Å². The Balaban J connectivity index is 1.41. The van der Waals surface area contributed by atoms with Crippen molar-refractivity contribution < 1.29 is 13.2 Å². The van der Waals surface area contributed by atoms with Crippen molar-refractivity contribution in [2.45, 2.75) is 36.6 Å². The molecule has 3 atom stereocenters. The summed E-state index contributed by atoms with van der Waals surface area (Å²) in [5.74, 6) is 1.29. The van der Waals surface area contributed by atoms with Crippen molar-refractivity contribution in [2.24, 2.45) is 11.8 Å². The Morgan fingerprint density at radius 2 is 1.67 bits per heavy atom. The lowest BCUT2D eigenvalue weighted by molar-refractivity contribution is 0.0923. The molecule has 7 heteroatoms. The molecule has 2 aliphatic rings. The maximum atomic E-state index is 12.5. The quantitative estimate of drug-likeness (QED) is 0.789. The van der Waals surface area contributed by atoms with E-state index in [2.05, 4.69) is 10.0 Å². The summed E-state index contributed by atoms with van der Waals surface area (Å²) in [6.07, 6.45) is 4.81. The van der Waals surface area contributed by atoms with E-state index < -0.39 is 10.0 Å². The molecule has 0 saturated heterocycles. The second-order valence-corrected chi connectivity index (χ2v) is 9.51. The third-order valence-electron chi connectivity index (χ3n) is 5.58. The minimum atomic E-state index is -3.70. The van der Waals surface area contributed by atoms with Gasteiger partial charge in [0, 0.05) is 22.3 Å². The fourth-order valence-electron chi connectivity index (χ4n) is 4.19. The molecule has 2 bridgehead atoms. The van der Waals surface area contributed by atoms with Crippen LogP contribution < -0.4 is 10.0 Å². The molecule has 0 radical (unpaired) electrons. The maximum Gasteiger partial charge on any atom is 0.261 e. The summed E-state index contributed by atoms with van der Waals surface area (Å²) in [6.45, 7) is 0. The number of fused-ring (bicyclic) bond motifs is 2. The molecule has 0 heterocycles. The SMILES string of the molecule is O=C(N[C@H]1C[C@@H]2CC[C@@H]1C2)c1ccc(NS(=O)(=O)c2ccc(Cl)cc2)cc1. The van der Waals surface area contributed by atoms with Gasteiger partial charge in [-0.15, -0.1) is 0 Å². The van der Waals surface area contributed by atoms with Gasteiger partial charge in [0.1, 0.15) is 0 Å². The van der Waals surface area contributed by atoms with Crippen molar-refractivity contribution in [3.63, 3.8) is 0 Å². The van der Waals surface area contributed by atoms with Crippen LogP contribution in [0.5, 0.6) is 0 Å². The summed E-state index contributed by atoms with van der Waals surface area (Å²) in [5, 5.41) is 3.61. The molecule has 0 aliphatic heterocycles. The van der Waals surface area contributed by atoms with Crippen molar-refractivity contribution in [2.75, 3.05) is 4.72 Å². The lowest BCUT2D eigenvalue weighted by Crippen LogP contribution is -2.38. The maximum absolute atomic E-state index is 12.5. The Bertz CT molecular complexity index is 942. The van der Waals surface area contributed by atoms with E-state index in [1.807, 2.05) is 0 Å². The number of hydrogen-bond acceptors (Lipinski definition) is 3. The average molecular weight is 405 g/mol. The van der Waals surface area contributed by atoms with Crippen LogP contribution in [0.25, 0.3) is 0 Å². The smallest absolute Gasteiger partial charge is 0.261 e. The van der Waals surface area contributed by atoms with E-state index in [0.29, 0.717) is 22.2 Å². The van der Waals surface area contributed by atoms with Crippen molar-refractivity contribution in [3.05, 3.63) is 59.1 Å². The number of nitrogens with one attached hydrogen (secondary N) is 2. The number of hydrogen-bond donors (Lipinski definition) is 2. The van der Waals surface area contributed by atoms with Crippen LogP contribution in [0.15, 0.2) is 53.4 Å². The van der Waals surface area contributed by atoms with Crippen LogP contribution in [-0.4, -0.2) is 20.4 Å². The lowest BCUT2D eigenvalue weighted by atomic mass is 9.95. The molecule has 0 unspecified atom stereocenters. The van der Waals surface area contributed by atoms with Gasteiger partial charge >= 0.3 is 0 Å². The molecule has 2 N–H and O–H groups in total. The summed E-state index contributed by atoms with van der Waals surface area (Å²) in [5.41, 5.74) is 0.939. The lowest BCUT2D eigenvalue weighted by Gasteiger charge is -2.22. The van der Waals surface area contributed by atoms with Crippen molar-refractivity contribution in [3.8, 4) is 0 Å². The first-order chi connectivity index (χ1) is 12.9. The third kappa shape index (κ3) is 3.96. The summed E-state index contributed by atoms with van der Waals surface area (Å²) in [6, 6.07) is 12.7. The molecule has 0 aromatic heterocycles. The number of carbonyl (C=O) groups excluding carboxylic acids is 1. The van der Waals surface area contributed by atoms with Crippen LogP contribution in [0.4, 0.5) is 5.69 Å². The number of sulfonamides is 1. The number of amides is 1. The second kappa shape index (κ2) is 7.17. The van der Waals surface area contributed by atoms with Crippen LogP contribution in [0, 0.1) is 11.8 Å². The fourth-order valence-corrected chi connectivity index (χ4v) is 5.38. The molecule has 5 nitrogen and oxygen atoms in total. The Kier molecular flexibility index (Phi) is 4.86. The predicted molar refractivity (Wildman–Crippen MR) is 105 cm³/mol. The molecule has 2 fully saturated rings. The van der Waals surface area contributed by atoms with Crippen molar-refractivity contribution in [1.29, 1.82) is 0 Å². The molecular formula is C20H21ClN2O3S. The van der Waals surface area contributed by atoms with Crippen molar-refractivity contribution >= 4 is 33.2 Å². The zero-order valence-electron chi connectivity index (χ0n) is 14.7. The monoisotopic (exact) mass is 404 g/mol. The molecule has 2 aromatic rings. The number of anilines is 1. The van der Waals surface area contributed by atoms with E-state index in [4.69, 9.17) is 11.6 Å². The third-order valence-corrected chi connectivity index (χ3v) is 7.23. The van der Waals surface area contributed by atoms with Crippen LogP contribution in [0.1, 0.15) is 36.0 Å². The molecule has 2 saturated carbocycles. The summed E-state index contributed by atoms with van der Waals surface area (Å²) in [4.78, 5) is 12.6. The highest BCUT2D eigenvalue weighted by Crippen LogP contribution is 2.44. The average Bonchev–Trinajstić information content (AvgIpc) is 3.25. The standard InChI is InChI=1S/C20H21ClN2O3S/c21-16-5-9-18(10-6-16)27(25,26)23-17-7-3-14(4-8-17)20(24)22-19-12-13-1-2-15(19)11-13/h3-10,13,15,19,23H,1-2,11-12H2,(H,22,24)/t13-,15-,19+/m1/s1. The number of halogens is 1. The van der Waals surface area contributed by atoms with E-state index in [1.165, 1.54) is 43.5 Å². The van der Waals surface area contributed by atoms with Gasteiger partial charge in [0.15, 0.2) is 0 Å². The first kappa shape index (κ1) is 18.3. The zero-order chi connectivity index (χ0) is 19.0. The minimum absolute atomic E-state index is 0.0975. The molecule has 0 spiro atoms. The van der Waals surface area contributed by atoms with Crippen molar-refractivity contribution in [1.82, 2.24) is 5.32 Å². The van der Waals surface area contributed by atoms with Gasteiger partial charge < -0.3 is 5.32 Å². The first-order valence-electron chi connectivity index (χ1n) is 9.10. The van der Waals surface area contributed by atoms with Gasteiger partial charge in [-0.05, 0) is 79.6 Å². The first-order valence-corrected chi connectivity index (χ1v) is 11.0. The predicted octanol–water partition coefficient (Wildman–Crippen LogP) is 4.06. The van der Waals surface area contributed by atoms with Gasteiger partial charge in [0.25, 0.3) is 15.9 Å². The molecule has 2 aromatic carbocycles. The molecule has 27 heavy (non-hydrogen) atoms. The van der Waals surface area contributed by atoms with Gasteiger partial charge in [0.05, 0.1) is 4.90 Å². The molecule has 142 valence electrons. The van der Waals surface area contributed by atoms with Crippen LogP contribution >= 0.6 is 11.6 Å². The highest BCUT2D eigenvalue weighted by molar-refractivity contribution is 7.92. The molecule has 2 aliphatic carbocycles. The number of carbonyl (C=O) groups is 1. The second-order valence-electron chi connectivity index (χ2n) is 7.39. The van der Waals surface area contributed by atoms with Crippen LogP contribution in [0.2, 0.25) is 5.02 Å². The van der Waals surface area contributed by atoms with E-state index in [9.17, 15) is 13.2 Å². The largest absolute Gasteiger partial charge is 0.349 e. The highest BCUT2D eigenvalue weighted by Gasteiger charge is 2.40. The Morgan fingerprint density at radius 1 is 0.963 bits per heavy atom. The van der Waals surface area contributed by atoms with Crippen LogP contribution in [0.3, 0.4) is 0 Å². The van der Waals surface area contributed by atoms with E-state index in [1.54, 1.807) is 24.3 Å². The minimum Gasteiger partial charge on any atom is -0.349 e. The summed E-state index contributed by atoms with van der Waals surface area (Å²) in [7, 11) is -3.70. The van der Waals surface area contributed by atoms with Gasteiger partial charge in [-0.3, -0.25) is 9.52 Å². The van der Waals surface area contributed by atoms with Gasteiger partial charge in [0.2, 0.25) is 0 Å². The highest BCUT2D eigenvalue weighted by atomic mass is 35.5. The molecule has 4 rings (SSSR count). The van der Waals surface area contributed by atoms with Crippen LogP contribution in [-0.2, 0) is 10.0 Å². The fraction of sp³-hybridized carbons (Fsp3) is 0.350. The Labute approximate surface area is 164 Å². The molecule has 1 amide bonds. The molecular weight excluding hydrogens is 384 g/mol. The van der Waals surface area contributed by atoms with E-state index in [-0.39, 0.29) is 16.8 Å². The summed E-state index contributed by atoms with van der Waals surface area (Å²) < 4.78 is 27.3.